The summed E-state index contributed by atoms with van der Waals surface area (Å²) >= 11 is 0. The number of nitrogens with one attached hydrogen (secondary N) is 3. The van der Waals surface area contributed by atoms with E-state index in [0.29, 0.717) is 42.3 Å². The lowest BCUT2D eigenvalue weighted by atomic mass is 9.93. The van der Waals surface area contributed by atoms with E-state index in [2.05, 4.69) is 35.5 Å². The second kappa shape index (κ2) is 13.1. The van der Waals surface area contributed by atoms with Gasteiger partial charge < -0.3 is 30.3 Å². The molecule has 2 aliphatic rings. The summed E-state index contributed by atoms with van der Waals surface area (Å²) in [6.07, 6.45) is 1.83. The lowest BCUT2D eigenvalue weighted by Gasteiger charge is -2.29. The summed E-state index contributed by atoms with van der Waals surface area (Å²) in [5, 5.41) is 6.20. The molecule has 2 aromatic carbocycles. The fourth-order valence-electron chi connectivity index (χ4n) is 6.20. The summed E-state index contributed by atoms with van der Waals surface area (Å²) in [4.78, 5) is 90.0. The largest absolute Gasteiger partial charge is 0.396 e. The van der Waals surface area contributed by atoms with E-state index in [1.165, 1.54) is 34.1 Å². The number of benzene rings is 2. The molecule has 3 aromatic rings. The smallest absolute Gasteiger partial charge is 0.352 e. The third-order valence-corrected chi connectivity index (χ3v) is 9.61. The molecule has 47 heavy (non-hydrogen) atoms. The highest BCUT2D eigenvalue weighted by molar-refractivity contribution is 7.70. The van der Waals surface area contributed by atoms with Crippen LogP contribution in [0.1, 0.15) is 83.5 Å². The van der Waals surface area contributed by atoms with Gasteiger partial charge in [0.05, 0.1) is 5.69 Å². The van der Waals surface area contributed by atoms with Crippen LogP contribution in [0.5, 0.6) is 0 Å². The molecule has 0 radical (unpaired) electrons. The summed E-state index contributed by atoms with van der Waals surface area (Å²) in [7, 11) is -1.63. The Morgan fingerprint density at radius 1 is 1.06 bits per heavy atom. The monoisotopic (exact) mass is 665 g/mol. The van der Waals surface area contributed by atoms with E-state index >= 15 is 0 Å². The fraction of sp³-hybridized carbons (Fsp3) is 0.424. The van der Waals surface area contributed by atoms with Gasteiger partial charge in [-0.15, -0.1) is 0 Å². The quantitative estimate of drug-likeness (QED) is 0.204. The third-order valence-electron chi connectivity index (χ3n) is 8.82. The normalized spacial score (nSPS) is 18.1. The molecule has 3 atom stereocenters. The maximum atomic E-state index is 14.2. The Balaban J connectivity index is 1.39. The van der Waals surface area contributed by atoms with Crippen LogP contribution in [-0.4, -0.2) is 81.0 Å². The molecule has 3 heterocycles. The van der Waals surface area contributed by atoms with Crippen molar-refractivity contribution in [2.24, 2.45) is 0 Å². The third kappa shape index (κ3) is 7.02. The number of hydrogen-bond acceptors (Lipinski definition) is 6. The molecule has 0 fully saturated rings. The van der Waals surface area contributed by atoms with Gasteiger partial charge in [-0.3, -0.25) is 33.4 Å². The Bertz CT molecular complexity index is 1830. The molecule has 4 amide bonds. The van der Waals surface area contributed by atoms with Crippen molar-refractivity contribution in [3.05, 3.63) is 64.3 Å². The van der Waals surface area contributed by atoms with E-state index in [4.69, 9.17) is 0 Å². The molecule has 0 unspecified atom stereocenters. The predicted octanol–water partition coefficient (Wildman–Crippen LogP) is 2.98. The second-order valence-electron chi connectivity index (χ2n) is 12.9. The van der Waals surface area contributed by atoms with Gasteiger partial charge in [-0.1, -0.05) is 26.0 Å². The maximum absolute atomic E-state index is 14.2. The Hall–Kier alpha value is -4.32. The topological polar surface area (TPSA) is 189 Å². The van der Waals surface area contributed by atoms with Gasteiger partial charge in [0.1, 0.15) is 17.8 Å². The lowest BCUT2D eigenvalue weighted by Crippen LogP contribution is -2.55. The van der Waals surface area contributed by atoms with Crippen LogP contribution in [0.2, 0.25) is 0 Å². The van der Waals surface area contributed by atoms with Crippen LogP contribution >= 0.6 is 7.60 Å². The highest BCUT2D eigenvalue weighted by Gasteiger charge is 2.44. The van der Waals surface area contributed by atoms with Gasteiger partial charge in [0.15, 0.2) is 0 Å². The standard InChI is InChI=1S/C33H40N5O8P/c1-17(2)21-12-19-7-10-25(36-30(40)26-15-22-13-20(8-9-24(22)35-26)33(43)47(44,45)46)32(42)38-27(16-23(14-21)29(19)38)31(41)34-18(3)6-11-28(39)37(4)5/h8-9,12-15,17-18,25,27,35H,6-7,10-11,16H2,1-5H3,(H,34,41)(H,36,40)(H2,44,45,46)/t18-,25+,27+/m1/s1. The van der Waals surface area contributed by atoms with Gasteiger partial charge in [0, 0.05) is 49.4 Å². The number of fused-ring (bicyclic) bond motifs is 1. The van der Waals surface area contributed by atoms with Gasteiger partial charge in [-0.05, 0) is 73.1 Å². The van der Waals surface area contributed by atoms with Crippen LogP contribution in [0.25, 0.3) is 10.9 Å². The van der Waals surface area contributed by atoms with Crippen molar-refractivity contribution in [2.75, 3.05) is 19.0 Å². The van der Waals surface area contributed by atoms with Crippen LogP contribution < -0.4 is 15.5 Å². The van der Waals surface area contributed by atoms with Gasteiger partial charge in [-0.25, -0.2) is 0 Å². The van der Waals surface area contributed by atoms with Crippen LogP contribution in [0.4, 0.5) is 5.69 Å². The Kier molecular flexibility index (Phi) is 9.45. The number of carbonyl (C=O) groups excluding carboxylic acids is 5. The summed E-state index contributed by atoms with van der Waals surface area (Å²) in [6, 6.07) is 7.46. The minimum absolute atomic E-state index is 0.0449. The molecule has 14 heteroatoms. The number of amides is 4. The number of aromatic amines is 1. The maximum Gasteiger partial charge on any atom is 0.396 e. The van der Waals surface area contributed by atoms with Gasteiger partial charge in [-0.2, -0.15) is 0 Å². The first-order chi connectivity index (χ1) is 22.0. The Morgan fingerprint density at radius 2 is 1.77 bits per heavy atom. The number of anilines is 1. The second-order valence-corrected chi connectivity index (χ2v) is 14.4. The molecule has 5 rings (SSSR count). The number of H-pyrrole nitrogens is 1. The molecule has 13 nitrogen and oxygen atoms in total. The first-order valence-corrected chi connectivity index (χ1v) is 17.2. The number of nitrogens with zero attached hydrogens (tertiary/aromatic N) is 2. The van der Waals surface area contributed by atoms with Crippen LogP contribution in [-0.2, 0) is 31.8 Å². The number of hydrogen-bond donors (Lipinski definition) is 5. The van der Waals surface area contributed by atoms with Crippen LogP contribution in [0, 0.1) is 0 Å². The van der Waals surface area contributed by atoms with E-state index in [0.717, 1.165) is 16.7 Å². The summed E-state index contributed by atoms with van der Waals surface area (Å²) in [6.45, 7) is 5.99. The van der Waals surface area contributed by atoms with Crippen molar-refractivity contribution in [1.82, 2.24) is 20.5 Å². The molecule has 0 bridgehead atoms. The highest BCUT2D eigenvalue weighted by atomic mass is 31.2. The number of rotatable bonds is 10. The van der Waals surface area contributed by atoms with Crippen molar-refractivity contribution < 1.29 is 38.3 Å². The Morgan fingerprint density at radius 3 is 2.43 bits per heavy atom. The molecule has 1 aromatic heterocycles. The van der Waals surface area contributed by atoms with Crippen molar-refractivity contribution in [2.45, 2.75) is 76.9 Å². The van der Waals surface area contributed by atoms with E-state index in [-0.39, 0.29) is 41.5 Å². The minimum Gasteiger partial charge on any atom is -0.352 e. The molecule has 0 aliphatic carbocycles. The van der Waals surface area contributed by atoms with E-state index in [1.807, 2.05) is 13.0 Å². The summed E-state index contributed by atoms with van der Waals surface area (Å²) in [5.41, 5.74) is 2.68. The van der Waals surface area contributed by atoms with Crippen molar-refractivity contribution in [3.63, 3.8) is 0 Å². The predicted molar refractivity (Wildman–Crippen MR) is 175 cm³/mol. The van der Waals surface area contributed by atoms with Crippen molar-refractivity contribution >= 4 is 53.3 Å². The van der Waals surface area contributed by atoms with Crippen molar-refractivity contribution in [1.29, 1.82) is 0 Å². The molecule has 5 N–H and O–H groups in total. The highest BCUT2D eigenvalue weighted by Crippen LogP contribution is 2.42. The molecule has 250 valence electrons. The number of carbonyl (C=O) groups is 5. The molecule has 0 saturated heterocycles. The van der Waals surface area contributed by atoms with E-state index in [9.17, 15) is 38.3 Å². The number of aromatic nitrogens is 1. The molecule has 0 saturated carbocycles. The first kappa shape index (κ1) is 34.0. The SMILES string of the molecule is CC(C)c1cc2c3c(c1)C[C@@H](C(=O)N[C@H](C)CCC(=O)N(C)C)N3C(=O)[C@@H](NC(=O)c1cc3cc(C(=O)P(=O)(O)O)ccc3[nH]1)CC2. The lowest BCUT2D eigenvalue weighted by molar-refractivity contribution is -0.129. The molecule has 0 spiro atoms. The van der Waals surface area contributed by atoms with Crippen LogP contribution in [0.15, 0.2) is 36.4 Å². The first-order valence-electron chi connectivity index (χ1n) is 15.6. The number of aryl methyl sites for hydroxylation is 1. The van der Waals surface area contributed by atoms with Gasteiger partial charge in [0.2, 0.25) is 17.7 Å². The summed E-state index contributed by atoms with van der Waals surface area (Å²) < 4.78 is 11.4. The average Bonchev–Trinajstić information content (AvgIpc) is 3.58. The van der Waals surface area contributed by atoms with Crippen molar-refractivity contribution in [3.8, 4) is 0 Å². The molecular weight excluding hydrogens is 625 g/mol. The van der Waals surface area contributed by atoms with E-state index in [1.54, 1.807) is 14.1 Å². The molecular formula is C33H40N5O8P. The summed E-state index contributed by atoms with van der Waals surface area (Å²) in [5.74, 6) is -1.15. The zero-order valence-corrected chi connectivity index (χ0v) is 27.9. The zero-order chi connectivity index (χ0) is 34.4. The fourth-order valence-corrected chi connectivity index (χ4v) is 6.67. The average molecular weight is 666 g/mol. The molecule has 2 aliphatic heterocycles. The van der Waals surface area contributed by atoms with Crippen LogP contribution in [0.3, 0.4) is 0 Å². The van der Waals surface area contributed by atoms with Gasteiger partial charge in [0.25, 0.3) is 11.4 Å². The Labute approximate surface area is 272 Å². The minimum atomic E-state index is -4.99. The van der Waals surface area contributed by atoms with E-state index < -0.39 is 37.0 Å². The van der Waals surface area contributed by atoms with Gasteiger partial charge >= 0.3 is 7.60 Å². The zero-order valence-electron chi connectivity index (χ0n) is 27.0.